The molecule has 0 atom stereocenters. The minimum atomic E-state index is -0.108. The number of aromatic nitrogens is 3. The second kappa shape index (κ2) is 8.66. The van der Waals surface area contributed by atoms with Crippen molar-refractivity contribution in [1.29, 1.82) is 0 Å². The van der Waals surface area contributed by atoms with E-state index in [4.69, 9.17) is 15.0 Å². The molecule has 33 heavy (non-hydrogen) atoms. The number of hydrogen-bond acceptors (Lipinski definition) is 3. The Morgan fingerprint density at radius 3 is 1.36 bits per heavy atom. The molecule has 1 aliphatic rings. The van der Waals surface area contributed by atoms with Gasteiger partial charge in [-0.15, -0.1) is 0 Å². The van der Waals surface area contributed by atoms with Gasteiger partial charge in [0.05, 0.1) is 0 Å². The highest BCUT2D eigenvalue weighted by Crippen LogP contribution is 2.30. The van der Waals surface area contributed by atoms with Gasteiger partial charge in [-0.2, -0.15) is 0 Å². The predicted molar refractivity (Wildman–Crippen MR) is 135 cm³/mol. The van der Waals surface area contributed by atoms with Gasteiger partial charge in [-0.1, -0.05) is 96.1 Å². The second-order valence-electron chi connectivity index (χ2n) is 10.8. The summed E-state index contributed by atoms with van der Waals surface area (Å²) in [4.78, 5) is 14.4. The lowest BCUT2D eigenvalue weighted by molar-refractivity contribution is 0.589. The van der Waals surface area contributed by atoms with Crippen molar-refractivity contribution in [3.05, 3.63) is 83.5 Å². The van der Waals surface area contributed by atoms with E-state index in [0.29, 0.717) is 30.3 Å². The number of hydrogen-bond donors (Lipinski definition) is 0. The first kappa shape index (κ1) is 23.0. The van der Waals surface area contributed by atoms with Crippen LogP contribution in [0.15, 0.2) is 66.5 Å². The molecule has 1 aliphatic carbocycles. The largest absolute Gasteiger partial charge is 0.212 e. The molecular weight excluding hydrogens is 409 g/mol. The second-order valence-corrected chi connectivity index (χ2v) is 10.8. The van der Waals surface area contributed by atoms with Crippen LogP contribution in [0.5, 0.6) is 0 Å². The number of allylic oxidation sites excluding steroid dienone is 4. The van der Waals surface area contributed by atoms with Gasteiger partial charge in [0.25, 0.3) is 0 Å². The van der Waals surface area contributed by atoms with Gasteiger partial charge in [0.15, 0.2) is 17.5 Å². The molecule has 0 spiro atoms. The Morgan fingerprint density at radius 1 is 0.576 bits per heavy atom. The summed E-state index contributed by atoms with van der Waals surface area (Å²) in [5.41, 5.74) is 5.48. The summed E-state index contributed by atoms with van der Waals surface area (Å²) in [5, 5.41) is 0. The maximum atomic E-state index is 13.6. The van der Waals surface area contributed by atoms with Crippen LogP contribution in [-0.4, -0.2) is 15.0 Å². The Morgan fingerprint density at radius 2 is 1.00 bits per heavy atom. The van der Waals surface area contributed by atoms with E-state index in [-0.39, 0.29) is 16.7 Å². The predicted octanol–water partition coefficient (Wildman–Crippen LogP) is 7.83. The molecule has 0 radical (unpaired) electrons. The zero-order valence-electron chi connectivity index (χ0n) is 20.4. The van der Waals surface area contributed by atoms with E-state index in [2.05, 4.69) is 90.1 Å². The molecule has 3 nitrogen and oxygen atoms in total. The lowest BCUT2D eigenvalue weighted by atomic mass is 9.86. The van der Waals surface area contributed by atoms with Crippen LogP contribution in [0, 0.1) is 0 Å². The lowest BCUT2D eigenvalue weighted by Gasteiger charge is -2.19. The molecule has 1 heterocycles. The first-order valence-corrected chi connectivity index (χ1v) is 11.5. The van der Waals surface area contributed by atoms with Crippen LogP contribution in [-0.2, 0) is 10.8 Å². The van der Waals surface area contributed by atoms with Crippen molar-refractivity contribution in [1.82, 2.24) is 15.0 Å². The van der Waals surface area contributed by atoms with Gasteiger partial charge < -0.3 is 0 Å². The van der Waals surface area contributed by atoms with Gasteiger partial charge in [-0.25, -0.2) is 19.3 Å². The summed E-state index contributed by atoms with van der Waals surface area (Å²) >= 11 is 0. The third-order valence-corrected chi connectivity index (χ3v) is 6.04. The fourth-order valence-corrected chi connectivity index (χ4v) is 3.81. The van der Waals surface area contributed by atoms with E-state index in [1.54, 1.807) is 6.08 Å². The van der Waals surface area contributed by atoms with Crippen molar-refractivity contribution < 1.29 is 4.39 Å². The molecule has 0 fully saturated rings. The molecule has 3 aromatic rings. The fourth-order valence-electron chi connectivity index (χ4n) is 3.81. The Balaban J connectivity index is 1.81. The van der Waals surface area contributed by atoms with Crippen molar-refractivity contribution in [2.24, 2.45) is 0 Å². The molecule has 1 aromatic heterocycles. The third kappa shape index (κ3) is 5.27. The lowest BCUT2D eigenvalue weighted by Crippen LogP contribution is -2.11. The summed E-state index contributed by atoms with van der Waals surface area (Å²) in [7, 11) is 0. The molecule has 0 bridgehead atoms. The molecule has 170 valence electrons. The fraction of sp³-hybridized carbons (Fsp3) is 0.345. The van der Waals surface area contributed by atoms with E-state index in [1.807, 2.05) is 0 Å². The first-order valence-electron chi connectivity index (χ1n) is 11.5. The quantitative estimate of drug-likeness (QED) is 0.416. The van der Waals surface area contributed by atoms with Crippen LogP contribution in [0.3, 0.4) is 0 Å². The normalized spacial score (nSPS) is 14.6. The maximum absolute atomic E-state index is 13.6. The van der Waals surface area contributed by atoms with Crippen LogP contribution in [0.1, 0.15) is 71.3 Å². The van der Waals surface area contributed by atoms with Crippen molar-refractivity contribution in [2.75, 3.05) is 0 Å². The Bertz CT molecular complexity index is 1130. The molecule has 4 heteroatoms. The smallest absolute Gasteiger partial charge is 0.164 e. The van der Waals surface area contributed by atoms with E-state index in [9.17, 15) is 4.39 Å². The molecule has 0 saturated heterocycles. The molecule has 0 unspecified atom stereocenters. The van der Waals surface area contributed by atoms with Gasteiger partial charge in [0.2, 0.25) is 0 Å². The maximum Gasteiger partial charge on any atom is 0.164 e. The van der Waals surface area contributed by atoms with E-state index in [0.717, 1.165) is 16.7 Å². The highest BCUT2D eigenvalue weighted by Gasteiger charge is 2.18. The molecule has 0 N–H and O–H groups in total. The van der Waals surface area contributed by atoms with E-state index in [1.165, 1.54) is 17.2 Å². The van der Waals surface area contributed by atoms with Crippen LogP contribution < -0.4 is 0 Å². The molecule has 0 aliphatic heterocycles. The Hall–Kier alpha value is -3.14. The number of rotatable bonds is 3. The zero-order valence-corrected chi connectivity index (χ0v) is 20.4. The molecule has 4 rings (SSSR count). The molecule has 0 saturated carbocycles. The SMILES string of the molecule is CC(C)(C)c1ccc(-c2nc(C3=CC=C(F)CC3)nc(-c3ccc(C(C)(C)C)cc3)n2)cc1. The summed E-state index contributed by atoms with van der Waals surface area (Å²) in [6.07, 6.45) is 4.26. The molecular formula is C29H32FN3. The van der Waals surface area contributed by atoms with E-state index >= 15 is 0 Å². The highest BCUT2D eigenvalue weighted by molar-refractivity contribution is 5.69. The third-order valence-electron chi connectivity index (χ3n) is 6.04. The zero-order chi connectivity index (χ0) is 23.8. The van der Waals surface area contributed by atoms with Crippen LogP contribution in [0.2, 0.25) is 0 Å². The highest BCUT2D eigenvalue weighted by atomic mass is 19.1. The standard InChI is InChI=1S/C29H32FN3/c1-28(2,3)22-13-7-19(8-14-22)25-31-26(20-9-15-23(16-10-20)29(4,5)6)33-27(32-25)21-11-17-24(30)18-12-21/h7-11,13-17H,12,18H2,1-6H3. The van der Waals surface area contributed by atoms with E-state index < -0.39 is 0 Å². The van der Waals surface area contributed by atoms with Gasteiger partial charge in [0, 0.05) is 17.5 Å². The summed E-state index contributed by atoms with van der Waals surface area (Å²) < 4.78 is 13.6. The van der Waals surface area contributed by atoms with Crippen LogP contribution >= 0.6 is 0 Å². The Kier molecular flexibility index (Phi) is 6.04. The monoisotopic (exact) mass is 441 g/mol. The number of benzene rings is 2. The van der Waals surface area contributed by atoms with Gasteiger partial charge in [-0.3, -0.25) is 0 Å². The topological polar surface area (TPSA) is 38.7 Å². The Labute approximate surface area is 196 Å². The van der Waals surface area contributed by atoms with Gasteiger partial charge in [0.1, 0.15) is 5.83 Å². The minimum absolute atomic E-state index is 0.0755. The molecule has 2 aromatic carbocycles. The average molecular weight is 442 g/mol. The van der Waals surface area contributed by atoms with Crippen LogP contribution in [0.4, 0.5) is 4.39 Å². The van der Waals surface area contributed by atoms with Crippen molar-refractivity contribution in [3.63, 3.8) is 0 Å². The average Bonchev–Trinajstić information content (AvgIpc) is 2.78. The van der Waals surface area contributed by atoms with Gasteiger partial charge in [-0.05, 0) is 40.0 Å². The number of nitrogens with zero attached hydrogens (tertiary/aromatic N) is 3. The van der Waals surface area contributed by atoms with Crippen molar-refractivity contribution >= 4 is 5.57 Å². The number of halogens is 1. The summed E-state index contributed by atoms with van der Waals surface area (Å²) in [6.45, 7) is 13.2. The van der Waals surface area contributed by atoms with Gasteiger partial charge >= 0.3 is 0 Å². The summed E-state index contributed by atoms with van der Waals surface area (Å²) in [6, 6.07) is 16.8. The van der Waals surface area contributed by atoms with Crippen molar-refractivity contribution in [2.45, 2.75) is 65.2 Å². The van der Waals surface area contributed by atoms with Crippen LogP contribution in [0.25, 0.3) is 28.3 Å². The first-order chi connectivity index (χ1) is 15.5. The molecule has 0 amide bonds. The minimum Gasteiger partial charge on any atom is -0.212 e. The summed E-state index contributed by atoms with van der Waals surface area (Å²) in [5.74, 6) is 1.76. The van der Waals surface area contributed by atoms with Crippen molar-refractivity contribution in [3.8, 4) is 22.8 Å².